The van der Waals surface area contributed by atoms with E-state index in [4.69, 9.17) is 4.84 Å². The molecule has 1 aliphatic heterocycles. The summed E-state index contributed by atoms with van der Waals surface area (Å²) in [6, 6.07) is 19.3. The van der Waals surface area contributed by atoms with Gasteiger partial charge in [0.25, 0.3) is 5.91 Å². The molecule has 0 saturated carbocycles. The second-order valence-electron chi connectivity index (χ2n) is 6.25. The molecule has 3 aromatic rings. The number of nitrogens with zero attached hydrogens (tertiary/aromatic N) is 3. The van der Waals surface area contributed by atoms with E-state index in [1.54, 1.807) is 4.68 Å². The number of oxime groups is 1. The van der Waals surface area contributed by atoms with E-state index in [0.717, 1.165) is 27.1 Å². The van der Waals surface area contributed by atoms with E-state index in [2.05, 4.69) is 31.5 Å². The van der Waals surface area contributed by atoms with Gasteiger partial charge in [-0.2, -0.15) is 5.10 Å². The van der Waals surface area contributed by atoms with E-state index in [1.807, 2.05) is 67.6 Å². The molecule has 6 nitrogen and oxygen atoms in total. The summed E-state index contributed by atoms with van der Waals surface area (Å²) in [5.41, 5.74) is 3.38. The summed E-state index contributed by atoms with van der Waals surface area (Å²) in [5, 5.41) is 11.5. The van der Waals surface area contributed by atoms with Crippen LogP contribution in [-0.2, 0) is 9.63 Å². The predicted octanol–water partition coefficient (Wildman–Crippen LogP) is 4.07. The van der Waals surface area contributed by atoms with Crippen molar-refractivity contribution in [2.45, 2.75) is 19.4 Å². The number of amides is 1. The Labute approximate surface area is 165 Å². The lowest BCUT2D eigenvalue weighted by Gasteiger charge is -2.11. The highest BCUT2D eigenvalue weighted by molar-refractivity contribution is 9.10. The molecule has 2 heterocycles. The normalized spacial score (nSPS) is 15.9. The standard InChI is InChI=1S/C20H17BrN4O2/c1-13-10-19(25(23-13)16-8-3-2-4-9-16)22-20(26)18-12-17(24-27-18)14-6-5-7-15(21)11-14/h2-11,18H,12H2,1H3,(H,22,26)/t18-/m1/s1. The third-order valence-corrected chi connectivity index (χ3v) is 4.70. The third kappa shape index (κ3) is 3.78. The molecule has 4 rings (SSSR count). The van der Waals surface area contributed by atoms with Crippen molar-refractivity contribution in [2.24, 2.45) is 5.16 Å². The lowest BCUT2D eigenvalue weighted by molar-refractivity contribution is -0.125. The maximum atomic E-state index is 12.7. The van der Waals surface area contributed by atoms with Gasteiger partial charge in [0.05, 0.1) is 17.1 Å². The number of benzene rings is 2. The van der Waals surface area contributed by atoms with Crippen LogP contribution in [0.15, 0.2) is 70.3 Å². The Morgan fingerprint density at radius 1 is 1.19 bits per heavy atom. The average molecular weight is 425 g/mol. The molecule has 1 amide bonds. The fourth-order valence-corrected chi connectivity index (χ4v) is 3.32. The molecule has 2 aromatic carbocycles. The molecular formula is C20H17BrN4O2. The molecule has 0 aliphatic carbocycles. The summed E-state index contributed by atoms with van der Waals surface area (Å²) >= 11 is 3.45. The van der Waals surface area contributed by atoms with Gasteiger partial charge < -0.3 is 10.2 Å². The van der Waals surface area contributed by atoms with E-state index in [9.17, 15) is 4.79 Å². The van der Waals surface area contributed by atoms with Gasteiger partial charge >= 0.3 is 0 Å². The van der Waals surface area contributed by atoms with Crippen molar-refractivity contribution in [3.63, 3.8) is 0 Å². The van der Waals surface area contributed by atoms with Gasteiger partial charge in [-0.25, -0.2) is 4.68 Å². The number of carbonyl (C=O) groups excluding carboxylic acids is 1. The highest BCUT2D eigenvalue weighted by atomic mass is 79.9. The summed E-state index contributed by atoms with van der Waals surface area (Å²) in [4.78, 5) is 18.1. The van der Waals surface area contributed by atoms with Crippen molar-refractivity contribution in [3.8, 4) is 5.69 Å². The van der Waals surface area contributed by atoms with Gasteiger partial charge in [-0.1, -0.05) is 51.4 Å². The number of hydrogen-bond donors (Lipinski definition) is 1. The van der Waals surface area contributed by atoms with Crippen LogP contribution < -0.4 is 5.32 Å². The van der Waals surface area contributed by atoms with Crippen molar-refractivity contribution in [1.82, 2.24) is 9.78 Å². The summed E-state index contributed by atoms with van der Waals surface area (Å²) < 4.78 is 2.66. The minimum Gasteiger partial charge on any atom is -0.382 e. The van der Waals surface area contributed by atoms with Crippen molar-refractivity contribution in [3.05, 3.63) is 76.4 Å². The van der Waals surface area contributed by atoms with Crippen LogP contribution in [0.2, 0.25) is 0 Å². The van der Waals surface area contributed by atoms with E-state index in [0.29, 0.717) is 12.2 Å². The molecule has 0 fully saturated rings. The summed E-state index contributed by atoms with van der Waals surface area (Å²) in [7, 11) is 0. The number of anilines is 1. The zero-order valence-corrected chi connectivity index (χ0v) is 16.2. The zero-order chi connectivity index (χ0) is 18.8. The fourth-order valence-electron chi connectivity index (χ4n) is 2.92. The molecule has 27 heavy (non-hydrogen) atoms. The molecule has 0 unspecified atom stereocenters. The number of halogens is 1. The maximum Gasteiger partial charge on any atom is 0.269 e. The Balaban J connectivity index is 1.48. The van der Waals surface area contributed by atoms with Gasteiger partial charge in [0.15, 0.2) is 0 Å². The first-order valence-electron chi connectivity index (χ1n) is 8.52. The molecular weight excluding hydrogens is 408 g/mol. The van der Waals surface area contributed by atoms with Gasteiger partial charge in [-0.05, 0) is 31.2 Å². The Bertz CT molecular complexity index is 1010. The quantitative estimate of drug-likeness (QED) is 0.685. The fraction of sp³-hybridized carbons (Fsp3) is 0.150. The van der Waals surface area contributed by atoms with Gasteiger partial charge in [-0.15, -0.1) is 0 Å². The van der Waals surface area contributed by atoms with E-state index in [-0.39, 0.29) is 5.91 Å². The van der Waals surface area contributed by atoms with Gasteiger partial charge in [-0.3, -0.25) is 4.79 Å². The van der Waals surface area contributed by atoms with Crippen LogP contribution in [-0.4, -0.2) is 27.5 Å². The molecule has 1 N–H and O–H groups in total. The number of carbonyl (C=O) groups is 1. The first-order valence-corrected chi connectivity index (χ1v) is 9.31. The second kappa shape index (κ2) is 7.36. The van der Waals surface area contributed by atoms with Crippen LogP contribution in [0.3, 0.4) is 0 Å². The average Bonchev–Trinajstić information content (AvgIpc) is 3.29. The summed E-state index contributed by atoms with van der Waals surface area (Å²) in [5.74, 6) is 0.351. The highest BCUT2D eigenvalue weighted by Crippen LogP contribution is 2.22. The van der Waals surface area contributed by atoms with Crippen LogP contribution in [0.4, 0.5) is 5.82 Å². The van der Waals surface area contributed by atoms with Crippen LogP contribution in [0.25, 0.3) is 5.69 Å². The van der Waals surface area contributed by atoms with Crippen molar-refractivity contribution >= 4 is 33.4 Å². The predicted molar refractivity (Wildman–Crippen MR) is 107 cm³/mol. The lowest BCUT2D eigenvalue weighted by atomic mass is 10.0. The van der Waals surface area contributed by atoms with Crippen LogP contribution in [0, 0.1) is 6.92 Å². The van der Waals surface area contributed by atoms with Gasteiger partial charge in [0.2, 0.25) is 6.10 Å². The van der Waals surface area contributed by atoms with E-state index in [1.165, 1.54) is 0 Å². The van der Waals surface area contributed by atoms with Crippen LogP contribution in [0.5, 0.6) is 0 Å². The Morgan fingerprint density at radius 3 is 2.78 bits per heavy atom. The number of nitrogens with one attached hydrogen (secondary N) is 1. The van der Waals surface area contributed by atoms with Crippen molar-refractivity contribution in [2.75, 3.05) is 5.32 Å². The van der Waals surface area contributed by atoms with Crippen molar-refractivity contribution < 1.29 is 9.63 Å². The molecule has 0 radical (unpaired) electrons. The Morgan fingerprint density at radius 2 is 2.00 bits per heavy atom. The summed E-state index contributed by atoms with van der Waals surface area (Å²) in [6.07, 6.45) is -0.251. The first-order chi connectivity index (χ1) is 13.1. The summed E-state index contributed by atoms with van der Waals surface area (Å²) in [6.45, 7) is 1.88. The molecule has 1 atom stereocenters. The first kappa shape index (κ1) is 17.5. The third-order valence-electron chi connectivity index (χ3n) is 4.20. The monoisotopic (exact) mass is 424 g/mol. The number of hydrogen-bond acceptors (Lipinski definition) is 4. The largest absolute Gasteiger partial charge is 0.382 e. The smallest absolute Gasteiger partial charge is 0.269 e. The van der Waals surface area contributed by atoms with E-state index >= 15 is 0 Å². The number of aryl methyl sites for hydroxylation is 1. The molecule has 0 saturated heterocycles. The molecule has 7 heteroatoms. The SMILES string of the molecule is Cc1cc(NC(=O)[C@H]2CC(c3cccc(Br)c3)=NO2)n(-c2ccccc2)n1. The number of rotatable bonds is 4. The molecule has 0 spiro atoms. The molecule has 1 aromatic heterocycles. The van der Waals surface area contributed by atoms with Crippen LogP contribution in [0.1, 0.15) is 17.7 Å². The van der Waals surface area contributed by atoms with Gasteiger partial charge in [0, 0.05) is 22.5 Å². The number of para-hydroxylation sites is 1. The molecule has 0 bridgehead atoms. The number of aromatic nitrogens is 2. The van der Waals surface area contributed by atoms with E-state index < -0.39 is 6.10 Å². The van der Waals surface area contributed by atoms with Crippen LogP contribution >= 0.6 is 15.9 Å². The molecule has 1 aliphatic rings. The zero-order valence-electron chi connectivity index (χ0n) is 14.6. The van der Waals surface area contributed by atoms with Crippen molar-refractivity contribution in [1.29, 1.82) is 0 Å². The maximum absolute atomic E-state index is 12.7. The lowest BCUT2D eigenvalue weighted by Crippen LogP contribution is -2.29. The minimum absolute atomic E-state index is 0.249. The van der Waals surface area contributed by atoms with Gasteiger partial charge in [0.1, 0.15) is 5.82 Å². The topological polar surface area (TPSA) is 68.5 Å². The minimum atomic E-state index is -0.668. The molecule has 136 valence electrons. The second-order valence-corrected chi connectivity index (χ2v) is 7.17. The highest BCUT2D eigenvalue weighted by Gasteiger charge is 2.29. The Hall–Kier alpha value is -2.93. The Kier molecular flexibility index (Phi) is 4.77.